The number of carbonyl (C=O) groups is 1. The third-order valence-corrected chi connectivity index (χ3v) is 5.29. The van der Waals surface area contributed by atoms with E-state index in [1.165, 1.54) is 0 Å². The molecule has 1 atom stereocenters. The van der Waals surface area contributed by atoms with Crippen molar-refractivity contribution in [2.45, 2.75) is 50.4 Å². The Morgan fingerprint density at radius 3 is 2.70 bits per heavy atom. The van der Waals surface area contributed by atoms with Gasteiger partial charge in [-0.2, -0.15) is 13.2 Å². The van der Waals surface area contributed by atoms with Crippen LogP contribution in [0.4, 0.5) is 19.0 Å². The largest absolute Gasteiger partial charge is 0.417 e. The van der Waals surface area contributed by atoms with Crippen LogP contribution in [0.3, 0.4) is 0 Å². The molecule has 30 heavy (non-hydrogen) atoms. The van der Waals surface area contributed by atoms with Gasteiger partial charge in [0.15, 0.2) is 5.96 Å². The van der Waals surface area contributed by atoms with Crippen LogP contribution in [0.1, 0.15) is 37.7 Å². The second-order valence-electron chi connectivity index (χ2n) is 7.55. The van der Waals surface area contributed by atoms with E-state index >= 15 is 0 Å². The van der Waals surface area contributed by atoms with Crippen LogP contribution in [-0.4, -0.2) is 55.6 Å². The first-order valence-corrected chi connectivity index (χ1v) is 10.4. The fraction of sp³-hybridized carbons (Fsp3) is 0.632. The molecule has 0 spiro atoms. The number of alkyl halides is 3. The van der Waals surface area contributed by atoms with Gasteiger partial charge >= 0.3 is 6.18 Å². The number of hydrogen-bond acceptors (Lipinski definition) is 4. The quantitative estimate of drug-likeness (QED) is 0.341. The molecular formula is C19H26ClF3N6O. The minimum atomic E-state index is -4.47. The molecular weight excluding hydrogens is 421 g/mol. The Balaban J connectivity index is 1.43. The molecule has 2 heterocycles. The zero-order chi connectivity index (χ0) is 21.7. The maximum absolute atomic E-state index is 12.8. The average Bonchev–Trinajstić information content (AvgIpc) is 3.38. The lowest BCUT2D eigenvalue weighted by atomic mass is 10.2. The number of nitrogens with zero attached hydrogens (tertiary/aromatic N) is 3. The summed E-state index contributed by atoms with van der Waals surface area (Å²) >= 11 is 6.05. The number of hydrogen-bond donors (Lipinski definition) is 3. The highest BCUT2D eigenvalue weighted by Gasteiger charge is 2.33. The van der Waals surface area contributed by atoms with Crippen LogP contribution < -0.4 is 20.9 Å². The van der Waals surface area contributed by atoms with Crippen molar-refractivity contribution in [3.63, 3.8) is 0 Å². The molecule has 1 aromatic rings. The van der Waals surface area contributed by atoms with E-state index in [0.717, 1.165) is 31.5 Å². The summed E-state index contributed by atoms with van der Waals surface area (Å²) < 4.78 is 38.4. The molecule has 1 unspecified atom stereocenters. The van der Waals surface area contributed by atoms with Crippen LogP contribution in [0.15, 0.2) is 17.3 Å². The lowest BCUT2D eigenvalue weighted by Gasteiger charge is -2.21. The molecule has 0 aromatic carbocycles. The van der Waals surface area contributed by atoms with Gasteiger partial charge in [0, 0.05) is 51.4 Å². The van der Waals surface area contributed by atoms with Gasteiger partial charge in [0.1, 0.15) is 5.82 Å². The predicted molar refractivity (Wildman–Crippen MR) is 110 cm³/mol. The Kier molecular flexibility index (Phi) is 7.27. The van der Waals surface area contributed by atoms with E-state index in [-0.39, 0.29) is 17.0 Å². The molecule has 1 saturated heterocycles. The van der Waals surface area contributed by atoms with Crippen LogP contribution in [0.5, 0.6) is 0 Å². The van der Waals surface area contributed by atoms with Crippen LogP contribution >= 0.6 is 11.6 Å². The second-order valence-corrected chi connectivity index (χ2v) is 7.95. The van der Waals surface area contributed by atoms with E-state index in [0.29, 0.717) is 50.3 Å². The van der Waals surface area contributed by atoms with E-state index in [2.05, 4.69) is 25.9 Å². The van der Waals surface area contributed by atoms with Gasteiger partial charge in [-0.1, -0.05) is 11.6 Å². The van der Waals surface area contributed by atoms with Crippen molar-refractivity contribution in [2.24, 2.45) is 4.99 Å². The lowest BCUT2D eigenvalue weighted by Crippen LogP contribution is -2.45. The Hall–Kier alpha value is -2.23. The number of guanidine groups is 1. The molecule has 1 amide bonds. The fourth-order valence-corrected chi connectivity index (χ4v) is 3.55. The van der Waals surface area contributed by atoms with E-state index in [1.807, 2.05) is 4.90 Å². The molecule has 1 aliphatic carbocycles. The number of anilines is 1. The number of aromatic nitrogens is 1. The van der Waals surface area contributed by atoms with E-state index in [4.69, 9.17) is 11.6 Å². The van der Waals surface area contributed by atoms with Gasteiger partial charge in [-0.05, 0) is 31.7 Å². The minimum Gasteiger partial charge on any atom is -0.356 e. The van der Waals surface area contributed by atoms with E-state index < -0.39 is 11.7 Å². The molecule has 2 fully saturated rings. The van der Waals surface area contributed by atoms with Crippen LogP contribution in [0.25, 0.3) is 0 Å². The van der Waals surface area contributed by atoms with Crippen LogP contribution in [0.2, 0.25) is 5.02 Å². The predicted octanol–water partition coefficient (Wildman–Crippen LogP) is 2.56. The zero-order valence-electron chi connectivity index (χ0n) is 16.7. The number of pyridine rings is 1. The number of carbonyl (C=O) groups excluding carboxylic acids is 1. The molecule has 11 heteroatoms. The van der Waals surface area contributed by atoms with Crippen molar-refractivity contribution in [3.8, 4) is 0 Å². The molecule has 0 radical (unpaired) electrons. The molecule has 0 bridgehead atoms. The summed E-state index contributed by atoms with van der Waals surface area (Å²) in [7, 11) is 1.66. The maximum atomic E-state index is 12.8. The summed E-state index contributed by atoms with van der Waals surface area (Å²) in [5.41, 5.74) is -0.861. The molecule has 3 N–H and O–H groups in total. The summed E-state index contributed by atoms with van der Waals surface area (Å²) in [5.74, 6) is 1.05. The monoisotopic (exact) mass is 446 g/mol. The minimum absolute atomic E-state index is 0.0162. The van der Waals surface area contributed by atoms with E-state index in [1.54, 1.807) is 7.05 Å². The Labute approximate surface area is 178 Å². The molecule has 166 valence electrons. The topological polar surface area (TPSA) is 81.6 Å². The number of amides is 1. The molecule has 1 aromatic heterocycles. The number of aliphatic imine (C=N–C) groups is 1. The van der Waals surface area contributed by atoms with Gasteiger partial charge in [0.2, 0.25) is 5.91 Å². The van der Waals surface area contributed by atoms with Crippen molar-refractivity contribution in [1.82, 2.24) is 20.9 Å². The summed E-state index contributed by atoms with van der Waals surface area (Å²) in [5, 5.41) is 9.42. The van der Waals surface area contributed by atoms with Crippen molar-refractivity contribution in [1.29, 1.82) is 0 Å². The SMILES string of the molecule is CN=C(NCCCC(=O)NC1CC1)NC1CCN(c2ncc(C(F)(F)F)cc2Cl)C1. The molecule has 1 saturated carbocycles. The maximum Gasteiger partial charge on any atom is 0.417 e. The van der Waals surface area contributed by atoms with Crippen LogP contribution in [0, 0.1) is 0 Å². The van der Waals surface area contributed by atoms with Crippen molar-refractivity contribution < 1.29 is 18.0 Å². The van der Waals surface area contributed by atoms with Crippen LogP contribution in [-0.2, 0) is 11.0 Å². The third kappa shape index (κ3) is 6.38. The second kappa shape index (κ2) is 9.72. The fourth-order valence-electron chi connectivity index (χ4n) is 3.26. The highest BCUT2D eigenvalue weighted by Crippen LogP contribution is 2.34. The molecule has 7 nitrogen and oxygen atoms in total. The molecule has 3 rings (SSSR count). The summed E-state index contributed by atoms with van der Waals surface area (Å²) in [4.78, 5) is 21.7. The summed E-state index contributed by atoms with van der Waals surface area (Å²) in [6, 6.07) is 1.33. The van der Waals surface area contributed by atoms with Gasteiger partial charge in [0.05, 0.1) is 10.6 Å². The zero-order valence-corrected chi connectivity index (χ0v) is 17.5. The van der Waals surface area contributed by atoms with Gasteiger partial charge in [-0.15, -0.1) is 0 Å². The smallest absolute Gasteiger partial charge is 0.356 e. The van der Waals surface area contributed by atoms with E-state index in [9.17, 15) is 18.0 Å². The number of halogens is 4. The summed E-state index contributed by atoms with van der Waals surface area (Å²) in [6.45, 7) is 1.77. The first kappa shape index (κ1) is 22.5. The van der Waals surface area contributed by atoms with Gasteiger partial charge in [-0.3, -0.25) is 9.79 Å². The highest BCUT2D eigenvalue weighted by atomic mass is 35.5. The van der Waals surface area contributed by atoms with Crippen molar-refractivity contribution in [3.05, 3.63) is 22.8 Å². The normalized spacial score (nSPS) is 19.7. The number of rotatable bonds is 7. The average molecular weight is 447 g/mol. The van der Waals surface area contributed by atoms with Crippen molar-refractivity contribution in [2.75, 3.05) is 31.6 Å². The molecule has 1 aliphatic heterocycles. The Bertz CT molecular complexity index is 784. The first-order valence-electron chi connectivity index (χ1n) is 10.0. The Morgan fingerprint density at radius 2 is 2.07 bits per heavy atom. The number of nitrogens with one attached hydrogen (secondary N) is 3. The standard InChI is InChI=1S/C19H26ClF3N6O/c1-24-18(25-7-2-3-16(30)27-13-4-5-13)28-14-6-8-29(11-14)17-15(20)9-12(10-26-17)19(21,22)23/h9-10,13-14H,2-8,11H2,1H3,(H,27,30)(H2,24,25,28). The highest BCUT2D eigenvalue weighted by molar-refractivity contribution is 6.33. The third-order valence-electron chi connectivity index (χ3n) is 5.02. The summed E-state index contributed by atoms with van der Waals surface area (Å²) in [6.07, 6.45) is 0.418. The lowest BCUT2D eigenvalue weighted by molar-refractivity contribution is -0.137. The first-order chi connectivity index (χ1) is 14.3. The van der Waals surface area contributed by atoms with Gasteiger partial charge < -0.3 is 20.9 Å². The Morgan fingerprint density at radius 1 is 1.30 bits per heavy atom. The van der Waals surface area contributed by atoms with Gasteiger partial charge in [0.25, 0.3) is 0 Å². The molecule has 2 aliphatic rings. The van der Waals surface area contributed by atoms with Gasteiger partial charge in [-0.25, -0.2) is 4.98 Å². The van der Waals surface area contributed by atoms with Crippen molar-refractivity contribution >= 4 is 29.3 Å².